The highest BCUT2D eigenvalue weighted by molar-refractivity contribution is 6.34. The molecule has 2 heterocycles. The van der Waals surface area contributed by atoms with E-state index in [1.165, 1.54) is 42.5 Å². The number of nitro benzene ring substituents is 1. The zero-order valence-corrected chi connectivity index (χ0v) is 16.5. The number of alkyl halides is 3. The molecule has 7 nitrogen and oxygen atoms in total. The Morgan fingerprint density at radius 2 is 1.88 bits per heavy atom. The summed E-state index contributed by atoms with van der Waals surface area (Å²) in [6.45, 7) is 0. The lowest BCUT2D eigenvalue weighted by Crippen LogP contribution is -2.06. The zero-order chi connectivity index (χ0) is 23.0. The van der Waals surface area contributed by atoms with E-state index >= 15 is 0 Å². The van der Waals surface area contributed by atoms with Crippen molar-refractivity contribution in [3.63, 3.8) is 0 Å². The quantitative estimate of drug-likeness (QED) is 0.209. The second kappa shape index (κ2) is 7.97. The summed E-state index contributed by atoms with van der Waals surface area (Å²) in [5.41, 5.74) is -1.01. The van der Waals surface area contributed by atoms with Gasteiger partial charge < -0.3 is 9.15 Å². The van der Waals surface area contributed by atoms with Crippen LogP contribution in [0.25, 0.3) is 17.4 Å². The van der Waals surface area contributed by atoms with Gasteiger partial charge in [-0.05, 0) is 30.3 Å². The van der Waals surface area contributed by atoms with E-state index in [0.717, 1.165) is 18.2 Å². The monoisotopic (exact) mass is 462 g/mol. The first-order valence-electron chi connectivity index (χ1n) is 8.86. The number of benzene rings is 2. The van der Waals surface area contributed by atoms with Gasteiger partial charge in [-0.1, -0.05) is 23.7 Å². The molecule has 2 aromatic carbocycles. The number of aliphatic imine (C=N–C) groups is 1. The Hall–Kier alpha value is -3.92. The molecule has 0 amide bonds. The highest BCUT2D eigenvalue weighted by Crippen LogP contribution is 2.33. The first kappa shape index (κ1) is 21.3. The first-order valence-corrected chi connectivity index (χ1v) is 9.24. The Labute approximate surface area is 182 Å². The van der Waals surface area contributed by atoms with Crippen molar-refractivity contribution in [1.82, 2.24) is 0 Å². The van der Waals surface area contributed by atoms with Crippen LogP contribution in [0.3, 0.4) is 0 Å². The predicted molar refractivity (Wildman–Crippen MR) is 108 cm³/mol. The third kappa shape index (κ3) is 4.26. The SMILES string of the molecule is O=C1OC(c2cc([N+](=O)[O-])ccc2Cl)=NC1=Cc1ccc(-c2cccc(C(F)(F)F)c2)o1. The van der Waals surface area contributed by atoms with E-state index in [9.17, 15) is 28.1 Å². The molecule has 11 heteroatoms. The van der Waals surface area contributed by atoms with E-state index in [4.69, 9.17) is 20.8 Å². The molecule has 1 aliphatic heterocycles. The second-order valence-electron chi connectivity index (χ2n) is 6.54. The smallest absolute Gasteiger partial charge is 0.416 e. The molecule has 0 radical (unpaired) electrons. The van der Waals surface area contributed by atoms with Gasteiger partial charge in [-0.3, -0.25) is 10.1 Å². The summed E-state index contributed by atoms with van der Waals surface area (Å²) in [6, 6.07) is 11.1. The Morgan fingerprint density at radius 3 is 2.59 bits per heavy atom. The van der Waals surface area contributed by atoms with Gasteiger partial charge in [-0.25, -0.2) is 9.79 Å². The molecular formula is C21H10ClF3N2O5. The van der Waals surface area contributed by atoms with Crippen LogP contribution in [0.5, 0.6) is 0 Å². The highest BCUT2D eigenvalue weighted by atomic mass is 35.5. The van der Waals surface area contributed by atoms with Crippen LogP contribution in [0.2, 0.25) is 5.02 Å². The second-order valence-corrected chi connectivity index (χ2v) is 6.95. The fourth-order valence-corrected chi connectivity index (χ4v) is 3.08. The summed E-state index contributed by atoms with van der Waals surface area (Å²) in [5.74, 6) is -0.779. The third-order valence-corrected chi connectivity index (χ3v) is 4.72. The summed E-state index contributed by atoms with van der Waals surface area (Å²) < 4.78 is 49.4. The highest BCUT2D eigenvalue weighted by Gasteiger charge is 2.31. The molecule has 0 aliphatic carbocycles. The number of esters is 1. The van der Waals surface area contributed by atoms with Crippen molar-refractivity contribution < 1.29 is 32.0 Å². The molecule has 0 atom stereocenters. The van der Waals surface area contributed by atoms with E-state index in [2.05, 4.69) is 4.99 Å². The summed E-state index contributed by atoms with van der Waals surface area (Å²) in [4.78, 5) is 26.5. The predicted octanol–water partition coefficient (Wildman–Crippen LogP) is 5.87. The van der Waals surface area contributed by atoms with Gasteiger partial charge in [0, 0.05) is 23.8 Å². The van der Waals surface area contributed by atoms with Crippen molar-refractivity contribution in [2.45, 2.75) is 6.18 Å². The topological polar surface area (TPSA) is 94.9 Å². The number of furan rings is 1. The van der Waals surface area contributed by atoms with Crippen LogP contribution in [-0.2, 0) is 15.7 Å². The van der Waals surface area contributed by atoms with E-state index in [-0.39, 0.29) is 45.0 Å². The number of non-ortho nitro benzene ring substituents is 1. The maximum absolute atomic E-state index is 12.9. The van der Waals surface area contributed by atoms with Crippen molar-refractivity contribution in [3.8, 4) is 11.3 Å². The van der Waals surface area contributed by atoms with E-state index < -0.39 is 22.6 Å². The van der Waals surface area contributed by atoms with Crippen LogP contribution < -0.4 is 0 Å². The molecule has 162 valence electrons. The molecule has 4 rings (SSSR count). The van der Waals surface area contributed by atoms with Gasteiger partial charge in [0.25, 0.3) is 5.69 Å². The van der Waals surface area contributed by atoms with Crippen LogP contribution in [0.4, 0.5) is 18.9 Å². The number of carbonyl (C=O) groups is 1. The van der Waals surface area contributed by atoms with Crippen LogP contribution in [0.15, 0.2) is 69.7 Å². The van der Waals surface area contributed by atoms with Gasteiger partial charge >= 0.3 is 12.1 Å². The lowest BCUT2D eigenvalue weighted by molar-refractivity contribution is -0.384. The molecule has 1 aromatic heterocycles. The molecular weight excluding hydrogens is 453 g/mol. The standard InChI is InChI=1S/C21H10ClF3N2O5/c22-16-6-4-13(27(29)30)9-15(16)19-26-17(20(28)32-19)10-14-5-7-18(31-14)11-2-1-3-12(8-11)21(23,24)25/h1-10H. The average Bonchev–Trinajstić information content (AvgIpc) is 3.35. The van der Waals surface area contributed by atoms with Gasteiger partial charge in [0.1, 0.15) is 11.5 Å². The normalized spacial score (nSPS) is 15.1. The Kier molecular flexibility index (Phi) is 5.31. The molecule has 32 heavy (non-hydrogen) atoms. The molecule has 0 unspecified atom stereocenters. The molecule has 0 saturated heterocycles. The van der Waals surface area contributed by atoms with Crippen LogP contribution >= 0.6 is 11.6 Å². The molecule has 0 fully saturated rings. The van der Waals surface area contributed by atoms with E-state index in [0.29, 0.717) is 0 Å². The van der Waals surface area contributed by atoms with Gasteiger partial charge in [0.05, 0.1) is 21.1 Å². The zero-order valence-electron chi connectivity index (χ0n) is 15.7. The Bertz CT molecular complexity index is 1310. The largest absolute Gasteiger partial charge is 0.457 e. The van der Waals surface area contributed by atoms with Gasteiger partial charge in [0.15, 0.2) is 5.70 Å². The van der Waals surface area contributed by atoms with Gasteiger partial charge in [-0.2, -0.15) is 13.2 Å². The fraction of sp³-hybridized carbons (Fsp3) is 0.0476. The number of cyclic esters (lactones) is 1. The first-order chi connectivity index (χ1) is 15.1. The van der Waals surface area contributed by atoms with Gasteiger partial charge in [0.2, 0.25) is 5.90 Å². The minimum Gasteiger partial charge on any atom is -0.457 e. The average molecular weight is 463 g/mol. The summed E-state index contributed by atoms with van der Waals surface area (Å²) in [7, 11) is 0. The number of hydrogen-bond donors (Lipinski definition) is 0. The number of hydrogen-bond acceptors (Lipinski definition) is 6. The number of carbonyl (C=O) groups excluding carboxylic acids is 1. The Morgan fingerprint density at radius 1 is 1.09 bits per heavy atom. The summed E-state index contributed by atoms with van der Waals surface area (Å²) in [5, 5.41) is 11.1. The number of halogens is 4. The lowest BCUT2D eigenvalue weighted by atomic mass is 10.1. The Balaban J connectivity index is 1.64. The van der Waals surface area contributed by atoms with E-state index in [1.54, 1.807) is 0 Å². The lowest BCUT2D eigenvalue weighted by Gasteiger charge is -2.07. The molecule has 0 bridgehead atoms. The summed E-state index contributed by atoms with van der Waals surface area (Å²) in [6.07, 6.45) is -3.27. The number of rotatable bonds is 4. The minimum absolute atomic E-state index is 0.0571. The van der Waals surface area contributed by atoms with Gasteiger partial charge in [-0.15, -0.1) is 0 Å². The number of ether oxygens (including phenoxy) is 1. The number of nitrogens with zero attached hydrogens (tertiary/aromatic N) is 2. The maximum Gasteiger partial charge on any atom is 0.416 e. The van der Waals surface area contributed by atoms with Crippen molar-refractivity contribution in [1.29, 1.82) is 0 Å². The summed E-state index contributed by atoms with van der Waals surface area (Å²) >= 11 is 6.04. The molecule has 0 spiro atoms. The van der Waals surface area contributed by atoms with Crippen LogP contribution in [-0.4, -0.2) is 16.8 Å². The van der Waals surface area contributed by atoms with Crippen molar-refractivity contribution in [2.24, 2.45) is 4.99 Å². The number of nitro groups is 1. The fourth-order valence-electron chi connectivity index (χ4n) is 2.88. The van der Waals surface area contributed by atoms with Crippen molar-refractivity contribution >= 4 is 35.2 Å². The third-order valence-electron chi connectivity index (χ3n) is 4.39. The van der Waals surface area contributed by atoms with Crippen molar-refractivity contribution in [3.05, 3.63) is 92.3 Å². The van der Waals surface area contributed by atoms with Crippen LogP contribution in [0.1, 0.15) is 16.9 Å². The van der Waals surface area contributed by atoms with E-state index in [1.807, 2.05) is 0 Å². The van der Waals surface area contributed by atoms with Crippen LogP contribution in [0, 0.1) is 10.1 Å². The molecule has 1 aliphatic rings. The molecule has 0 saturated carbocycles. The molecule has 3 aromatic rings. The van der Waals surface area contributed by atoms with Crippen molar-refractivity contribution in [2.75, 3.05) is 0 Å². The maximum atomic E-state index is 12.9. The molecule has 0 N–H and O–H groups in total. The minimum atomic E-state index is -4.50.